The zero-order valence-electron chi connectivity index (χ0n) is 13.8. The molecule has 3 heterocycles. The summed E-state index contributed by atoms with van der Waals surface area (Å²) in [5, 5.41) is 5.83. The van der Waals surface area contributed by atoms with Gasteiger partial charge in [-0.05, 0) is 39.5 Å². The zero-order chi connectivity index (χ0) is 16.1. The van der Waals surface area contributed by atoms with Crippen LogP contribution in [-0.4, -0.2) is 64.9 Å². The minimum Gasteiger partial charge on any atom is -0.341 e. The van der Waals surface area contributed by atoms with Crippen LogP contribution in [0.5, 0.6) is 0 Å². The first-order valence-corrected chi connectivity index (χ1v) is 7.94. The molecule has 2 N–H and O–H groups in total. The van der Waals surface area contributed by atoms with E-state index < -0.39 is 11.6 Å². The van der Waals surface area contributed by atoms with Gasteiger partial charge in [0, 0.05) is 25.2 Å². The molecule has 0 radical (unpaired) electrons. The van der Waals surface area contributed by atoms with E-state index in [2.05, 4.69) is 10.6 Å². The predicted molar refractivity (Wildman–Crippen MR) is 87.3 cm³/mol. The van der Waals surface area contributed by atoms with E-state index in [9.17, 15) is 14.4 Å². The summed E-state index contributed by atoms with van der Waals surface area (Å²) in [6.45, 7) is 3.26. The number of piperidine rings is 1. The molecule has 0 saturated carbocycles. The third-order valence-electron chi connectivity index (χ3n) is 5.38. The van der Waals surface area contributed by atoms with Crippen molar-refractivity contribution in [1.29, 1.82) is 0 Å². The van der Waals surface area contributed by atoms with Crippen LogP contribution < -0.4 is 10.6 Å². The van der Waals surface area contributed by atoms with E-state index in [1.807, 2.05) is 0 Å². The largest absolute Gasteiger partial charge is 0.341 e. The third kappa shape index (κ3) is 3.17. The van der Waals surface area contributed by atoms with E-state index in [1.54, 1.807) is 25.8 Å². The number of carbonyl (C=O) groups is 3. The second-order valence-corrected chi connectivity index (χ2v) is 7.17. The molecule has 3 rings (SSSR count). The smallest absolute Gasteiger partial charge is 0.325 e. The first kappa shape index (κ1) is 18.0. The molecule has 0 aromatic heterocycles. The molecular formula is C15H25ClN4O3. The Bertz CT molecular complexity index is 513. The number of hydrogen-bond donors (Lipinski definition) is 2. The van der Waals surface area contributed by atoms with E-state index in [0.717, 1.165) is 12.8 Å². The lowest BCUT2D eigenvalue weighted by molar-refractivity contribution is -0.135. The van der Waals surface area contributed by atoms with Gasteiger partial charge in [-0.2, -0.15) is 0 Å². The van der Waals surface area contributed by atoms with Crippen LogP contribution in [0.3, 0.4) is 0 Å². The molecule has 8 heteroatoms. The van der Waals surface area contributed by atoms with Crippen molar-refractivity contribution in [3.05, 3.63) is 0 Å². The molecule has 3 aliphatic heterocycles. The molecule has 7 nitrogen and oxygen atoms in total. The lowest BCUT2D eigenvalue weighted by Gasteiger charge is -2.37. The molecule has 0 aliphatic carbocycles. The first-order valence-electron chi connectivity index (χ1n) is 7.94. The molecule has 2 bridgehead atoms. The summed E-state index contributed by atoms with van der Waals surface area (Å²) in [7, 11) is 1.81. The molecule has 23 heavy (non-hydrogen) atoms. The lowest BCUT2D eigenvalue weighted by atomic mass is 9.98. The molecule has 2 atom stereocenters. The normalized spacial score (nSPS) is 31.6. The summed E-state index contributed by atoms with van der Waals surface area (Å²) >= 11 is 0. The zero-order valence-corrected chi connectivity index (χ0v) is 14.6. The third-order valence-corrected chi connectivity index (χ3v) is 5.38. The van der Waals surface area contributed by atoms with Gasteiger partial charge >= 0.3 is 6.03 Å². The molecule has 3 fully saturated rings. The van der Waals surface area contributed by atoms with Crippen LogP contribution in [0.2, 0.25) is 0 Å². The van der Waals surface area contributed by atoms with Crippen LogP contribution in [0.4, 0.5) is 4.79 Å². The highest BCUT2D eigenvalue weighted by molar-refractivity contribution is 6.07. The maximum atomic E-state index is 12.5. The first-order chi connectivity index (χ1) is 10.3. The maximum absolute atomic E-state index is 12.5. The molecule has 2 unspecified atom stereocenters. The van der Waals surface area contributed by atoms with E-state index >= 15 is 0 Å². The highest BCUT2D eigenvalue weighted by Gasteiger charge is 2.47. The van der Waals surface area contributed by atoms with Crippen molar-refractivity contribution in [1.82, 2.24) is 20.4 Å². The summed E-state index contributed by atoms with van der Waals surface area (Å²) in [5.74, 6) is -0.461. The number of nitrogens with zero attached hydrogens (tertiary/aromatic N) is 2. The monoisotopic (exact) mass is 344 g/mol. The molecule has 4 amide bonds. The Balaban J connectivity index is 0.00000192. The van der Waals surface area contributed by atoms with Gasteiger partial charge in [-0.3, -0.25) is 14.9 Å². The quantitative estimate of drug-likeness (QED) is 0.730. The molecular weight excluding hydrogens is 320 g/mol. The summed E-state index contributed by atoms with van der Waals surface area (Å²) < 4.78 is 0. The number of nitrogens with one attached hydrogen (secondary N) is 2. The molecule has 3 aliphatic rings. The van der Waals surface area contributed by atoms with Gasteiger partial charge in [0.05, 0.1) is 0 Å². The highest BCUT2D eigenvalue weighted by Crippen LogP contribution is 2.29. The molecule has 3 saturated heterocycles. The van der Waals surface area contributed by atoms with Crippen molar-refractivity contribution in [2.45, 2.75) is 63.2 Å². The number of rotatable bonds is 3. The minimum atomic E-state index is -0.971. The Kier molecular flexibility index (Phi) is 4.92. The second-order valence-electron chi connectivity index (χ2n) is 7.17. The van der Waals surface area contributed by atoms with Gasteiger partial charge in [-0.1, -0.05) is 0 Å². The average molecular weight is 345 g/mol. The van der Waals surface area contributed by atoms with Crippen LogP contribution in [0, 0.1) is 0 Å². The molecule has 0 aromatic carbocycles. The number of carbonyl (C=O) groups excluding carboxylic acids is 3. The fraction of sp³-hybridized carbons (Fsp3) is 0.800. The second kappa shape index (κ2) is 6.28. The van der Waals surface area contributed by atoms with Gasteiger partial charge in [0.1, 0.15) is 12.1 Å². The van der Waals surface area contributed by atoms with E-state index in [-0.39, 0.29) is 36.8 Å². The fourth-order valence-corrected chi connectivity index (χ4v) is 3.76. The van der Waals surface area contributed by atoms with Gasteiger partial charge < -0.3 is 15.1 Å². The van der Waals surface area contributed by atoms with Gasteiger partial charge in [0.15, 0.2) is 0 Å². The van der Waals surface area contributed by atoms with Crippen molar-refractivity contribution in [3.63, 3.8) is 0 Å². The SMILES string of the molecule is CN(C(=O)CN1C(=O)NC(=O)C1(C)C)C1CC2CCC(C1)N2.Cl. The lowest BCUT2D eigenvalue weighted by Crippen LogP contribution is -2.53. The van der Waals surface area contributed by atoms with Crippen molar-refractivity contribution >= 4 is 30.3 Å². The number of hydrogen-bond acceptors (Lipinski definition) is 4. The van der Waals surface area contributed by atoms with Gasteiger partial charge in [0.25, 0.3) is 5.91 Å². The number of urea groups is 1. The van der Waals surface area contributed by atoms with Gasteiger partial charge in [0.2, 0.25) is 5.91 Å². The number of likely N-dealkylation sites (N-methyl/N-ethyl adjacent to an activating group) is 1. The van der Waals surface area contributed by atoms with Crippen LogP contribution in [-0.2, 0) is 9.59 Å². The number of halogens is 1. The van der Waals surface area contributed by atoms with E-state index in [1.165, 1.54) is 17.7 Å². The average Bonchev–Trinajstić information content (AvgIpc) is 2.89. The van der Waals surface area contributed by atoms with Crippen LogP contribution in [0.25, 0.3) is 0 Å². The number of fused-ring (bicyclic) bond motifs is 2. The van der Waals surface area contributed by atoms with Crippen LogP contribution in [0.1, 0.15) is 39.5 Å². The van der Waals surface area contributed by atoms with E-state index in [0.29, 0.717) is 12.1 Å². The summed E-state index contributed by atoms with van der Waals surface area (Å²) in [5.41, 5.74) is -0.971. The Hall–Kier alpha value is -1.34. The number of amides is 4. The minimum absolute atomic E-state index is 0. The van der Waals surface area contributed by atoms with Crippen molar-refractivity contribution in [2.24, 2.45) is 0 Å². The Morgan fingerprint density at radius 2 is 1.83 bits per heavy atom. The topological polar surface area (TPSA) is 81.8 Å². The van der Waals surface area contributed by atoms with Crippen LogP contribution in [0.15, 0.2) is 0 Å². The summed E-state index contributed by atoms with van der Waals surface area (Å²) in [6.07, 6.45) is 4.29. The summed E-state index contributed by atoms with van der Waals surface area (Å²) in [6, 6.07) is 0.747. The standard InChI is InChI=1S/C15H24N4O3.ClH/c1-15(2)13(21)17-14(22)19(15)8-12(20)18(3)11-6-9-4-5-10(7-11)16-9;/h9-11,16H,4-8H2,1-3H3,(H,17,21,22);1H. The van der Waals surface area contributed by atoms with Gasteiger partial charge in [-0.15, -0.1) is 12.4 Å². The predicted octanol–water partition coefficient (Wildman–Crippen LogP) is 0.480. The van der Waals surface area contributed by atoms with Crippen molar-refractivity contribution in [2.75, 3.05) is 13.6 Å². The van der Waals surface area contributed by atoms with Crippen molar-refractivity contribution in [3.8, 4) is 0 Å². The van der Waals surface area contributed by atoms with Gasteiger partial charge in [-0.25, -0.2) is 4.79 Å². The Morgan fingerprint density at radius 1 is 1.26 bits per heavy atom. The highest BCUT2D eigenvalue weighted by atomic mass is 35.5. The maximum Gasteiger partial charge on any atom is 0.325 e. The Labute approximate surface area is 142 Å². The van der Waals surface area contributed by atoms with Crippen LogP contribution >= 0.6 is 12.4 Å². The summed E-state index contributed by atoms with van der Waals surface area (Å²) in [4.78, 5) is 39.2. The Morgan fingerprint density at radius 3 is 2.30 bits per heavy atom. The van der Waals surface area contributed by atoms with Crippen molar-refractivity contribution < 1.29 is 14.4 Å². The molecule has 0 aromatic rings. The molecule has 0 spiro atoms. The fourth-order valence-electron chi connectivity index (χ4n) is 3.76. The number of imide groups is 1. The van der Waals surface area contributed by atoms with E-state index in [4.69, 9.17) is 0 Å². The molecule has 130 valence electrons.